The fourth-order valence-electron chi connectivity index (χ4n) is 2.11. The van der Waals surface area contributed by atoms with Gasteiger partial charge in [0.25, 0.3) is 0 Å². The van der Waals surface area contributed by atoms with Crippen molar-refractivity contribution in [3.63, 3.8) is 0 Å². The van der Waals surface area contributed by atoms with Gasteiger partial charge in [-0.1, -0.05) is 6.92 Å². The molecule has 0 bridgehead atoms. The maximum atomic E-state index is 12.5. The Kier molecular flexibility index (Phi) is 3.36. The van der Waals surface area contributed by atoms with Crippen molar-refractivity contribution in [2.24, 2.45) is 5.92 Å². The SMILES string of the molecule is CC1CCN(c2ncc(C(F)(F)F)cc2N)CC1. The molecule has 0 radical (unpaired) electrons. The molecule has 2 N–H and O–H groups in total. The first kappa shape index (κ1) is 13.0. The van der Waals surface area contributed by atoms with Gasteiger partial charge < -0.3 is 10.6 Å². The molecule has 0 saturated carbocycles. The highest BCUT2D eigenvalue weighted by atomic mass is 19.4. The standard InChI is InChI=1S/C12H16F3N3/c1-8-2-4-18(5-3-8)11-10(16)6-9(7-17-11)12(13,14)15/h6-8H,2-5,16H2,1H3. The lowest BCUT2D eigenvalue weighted by atomic mass is 9.99. The number of hydrogen-bond acceptors (Lipinski definition) is 3. The summed E-state index contributed by atoms with van der Waals surface area (Å²) in [6.07, 6.45) is -1.51. The van der Waals surface area contributed by atoms with Crippen molar-refractivity contribution in [2.75, 3.05) is 23.7 Å². The number of alkyl halides is 3. The lowest BCUT2D eigenvalue weighted by Gasteiger charge is -2.32. The van der Waals surface area contributed by atoms with Crippen molar-refractivity contribution < 1.29 is 13.2 Å². The van der Waals surface area contributed by atoms with Gasteiger partial charge in [-0.15, -0.1) is 0 Å². The van der Waals surface area contributed by atoms with Gasteiger partial charge in [0.2, 0.25) is 0 Å². The molecule has 1 fully saturated rings. The van der Waals surface area contributed by atoms with E-state index in [1.807, 2.05) is 4.90 Å². The third-order valence-electron chi connectivity index (χ3n) is 3.31. The Morgan fingerprint density at radius 1 is 1.33 bits per heavy atom. The van der Waals surface area contributed by atoms with Gasteiger partial charge in [0.1, 0.15) is 0 Å². The Labute approximate surface area is 104 Å². The number of rotatable bonds is 1. The van der Waals surface area contributed by atoms with E-state index < -0.39 is 11.7 Å². The van der Waals surface area contributed by atoms with E-state index >= 15 is 0 Å². The van der Waals surface area contributed by atoms with Crippen molar-refractivity contribution >= 4 is 11.5 Å². The maximum absolute atomic E-state index is 12.5. The first-order chi connectivity index (χ1) is 8.38. The summed E-state index contributed by atoms with van der Waals surface area (Å²) in [4.78, 5) is 5.83. The second kappa shape index (κ2) is 4.66. The van der Waals surface area contributed by atoms with Gasteiger partial charge in [-0.3, -0.25) is 0 Å². The van der Waals surface area contributed by atoms with Crippen LogP contribution >= 0.6 is 0 Å². The molecule has 3 nitrogen and oxygen atoms in total. The Balaban J connectivity index is 2.20. The molecule has 18 heavy (non-hydrogen) atoms. The number of anilines is 2. The van der Waals surface area contributed by atoms with Gasteiger partial charge in [-0.2, -0.15) is 13.2 Å². The maximum Gasteiger partial charge on any atom is 0.417 e. The summed E-state index contributed by atoms with van der Waals surface area (Å²) in [5, 5.41) is 0. The number of nitrogens with zero attached hydrogens (tertiary/aromatic N) is 2. The Hall–Kier alpha value is -1.46. The predicted octanol–water partition coefficient (Wildman–Crippen LogP) is 2.92. The monoisotopic (exact) mass is 259 g/mol. The van der Waals surface area contributed by atoms with E-state index in [1.54, 1.807) is 0 Å². The van der Waals surface area contributed by atoms with Crippen LogP contribution < -0.4 is 10.6 Å². The minimum absolute atomic E-state index is 0.0966. The van der Waals surface area contributed by atoms with Crippen LogP contribution in [0.3, 0.4) is 0 Å². The topological polar surface area (TPSA) is 42.2 Å². The number of pyridine rings is 1. The van der Waals surface area contributed by atoms with Crippen LogP contribution in [0, 0.1) is 5.92 Å². The summed E-state index contributed by atoms with van der Waals surface area (Å²) in [6.45, 7) is 3.76. The minimum Gasteiger partial charge on any atom is -0.396 e. The van der Waals surface area contributed by atoms with Gasteiger partial charge in [-0.05, 0) is 24.8 Å². The molecule has 1 aliphatic heterocycles. The molecular formula is C12H16F3N3. The minimum atomic E-state index is -4.39. The lowest BCUT2D eigenvalue weighted by molar-refractivity contribution is -0.137. The van der Waals surface area contributed by atoms with E-state index in [0.717, 1.165) is 38.2 Å². The van der Waals surface area contributed by atoms with Crippen LogP contribution in [-0.4, -0.2) is 18.1 Å². The largest absolute Gasteiger partial charge is 0.417 e. The fourth-order valence-corrected chi connectivity index (χ4v) is 2.11. The number of nitrogen functional groups attached to an aromatic ring is 1. The van der Waals surface area contributed by atoms with Crippen LogP contribution in [0.5, 0.6) is 0 Å². The molecule has 2 heterocycles. The van der Waals surface area contributed by atoms with Crippen LogP contribution in [-0.2, 0) is 6.18 Å². The van der Waals surface area contributed by atoms with Crippen molar-refractivity contribution in [1.82, 2.24) is 4.98 Å². The summed E-state index contributed by atoms with van der Waals surface area (Å²) in [6, 6.07) is 0.959. The normalized spacial score (nSPS) is 18.1. The van der Waals surface area contributed by atoms with Gasteiger partial charge >= 0.3 is 6.18 Å². The highest BCUT2D eigenvalue weighted by Gasteiger charge is 2.32. The Bertz CT molecular complexity index is 423. The van der Waals surface area contributed by atoms with Crippen molar-refractivity contribution in [1.29, 1.82) is 0 Å². The summed E-state index contributed by atoms with van der Waals surface area (Å²) in [5.41, 5.74) is 4.98. The van der Waals surface area contributed by atoms with Crippen LogP contribution in [0.25, 0.3) is 0 Å². The zero-order valence-electron chi connectivity index (χ0n) is 10.2. The quantitative estimate of drug-likeness (QED) is 0.843. The van der Waals surface area contributed by atoms with E-state index in [2.05, 4.69) is 11.9 Å². The summed E-state index contributed by atoms with van der Waals surface area (Å²) in [5.74, 6) is 1.12. The Morgan fingerprint density at radius 3 is 2.44 bits per heavy atom. The molecule has 0 spiro atoms. The number of aromatic nitrogens is 1. The van der Waals surface area contributed by atoms with E-state index in [4.69, 9.17) is 5.73 Å². The third kappa shape index (κ3) is 2.68. The van der Waals surface area contributed by atoms with Gasteiger partial charge in [0, 0.05) is 19.3 Å². The van der Waals surface area contributed by atoms with E-state index in [9.17, 15) is 13.2 Å². The predicted molar refractivity (Wildman–Crippen MR) is 64.3 cm³/mol. The second-order valence-electron chi connectivity index (χ2n) is 4.80. The second-order valence-corrected chi connectivity index (χ2v) is 4.80. The van der Waals surface area contributed by atoms with E-state index in [1.165, 1.54) is 0 Å². The average molecular weight is 259 g/mol. The molecule has 100 valence electrons. The molecule has 0 amide bonds. The molecular weight excluding hydrogens is 243 g/mol. The molecule has 0 unspecified atom stereocenters. The highest BCUT2D eigenvalue weighted by Crippen LogP contribution is 2.33. The molecule has 1 aliphatic rings. The molecule has 0 aromatic carbocycles. The molecule has 6 heteroatoms. The zero-order valence-corrected chi connectivity index (χ0v) is 10.2. The smallest absolute Gasteiger partial charge is 0.396 e. The number of halogens is 3. The lowest BCUT2D eigenvalue weighted by Crippen LogP contribution is -2.34. The number of piperidine rings is 1. The van der Waals surface area contributed by atoms with Crippen molar-refractivity contribution in [2.45, 2.75) is 25.9 Å². The van der Waals surface area contributed by atoms with Crippen LogP contribution in [0.15, 0.2) is 12.3 Å². The number of nitrogens with two attached hydrogens (primary N) is 1. The first-order valence-corrected chi connectivity index (χ1v) is 5.95. The van der Waals surface area contributed by atoms with Gasteiger partial charge in [0.05, 0.1) is 11.3 Å². The van der Waals surface area contributed by atoms with Gasteiger partial charge in [0.15, 0.2) is 5.82 Å². The molecule has 1 aromatic rings. The summed E-state index contributed by atoms with van der Waals surface area (Å²) in [7, 11) is 0. The Morgan fingerprint density at radius 2 is 1.94 bits per heavy atom. The summed E-state index contributed by atoms with van der Waals surface area (Å²) >= 11 is 0. The van der Waals surface area contributed by atoms with Gasteiger partial charge in [-0.25, -0.2) is 4.98 Å². The van der Waals surface area contributed by atoms with Crippen LogP contribution in [0.1, 0.15) is 25.3 Å². The van der Waals surface area contributed by atoms with Crippen molar-refractivity contribution in [3.8, 4) is 0 Å². The van der Waals surface area contributed by atoms with Crippen molar-refractivity contribution in [3.05, 3.63) is 17.8 Å². The fraction of sp³-hybridized carbons (Fsp3) is 0.583. The number of hydrogen-bond donors (Lipinski definition) is 1. The molecule has 0 aliphatic carbocycles. The molecule has 0 atom stereocenters. The third-order valence-corrected chi connectivity index (χ3v) is 3.31. The molecule has 1 saturated heterocycles. The highest BCUT2D eigenvalue weighted by molar-refractivity contribution is 5.63. The van der Waals surface area contributed by atoms with Crippen LogP contribution in [0.2, 0.25) is 0 Å². The zero-order chi connectivity index (χ0) is 13.3. The average Bonchev–Trinajstić information content (AvgIpc) is 2.29. The van der Waals surface area contributed by atoms with E-state index in [0.29, 0.717) is 11.7 Å². The van der Waals surface area contributed by atoms with Crippen LogP contribution in [0.4, 0.5) is 24.7 Å². The molecule has 1 aromatic heterocycles. The first-order valence-electron chi connectivity index (χ1n) is 5.95. The molecule has 2 rings (SSSR count). The summed E-state index contributed by atoms with van der Waals surface area (Å²) < 4.78 is 37.5. The van der Waals surface area contributed by atoms with E-state index in [-0.39, 0.29) is 5.69 Å².